The minimum atomic E-state index is -0.338. The number of carbonyl (C=O) groups excluding carboxylic acids is 1. The van der Waals surface area contributed by atoms with Crippen molar-refractivity contribution in [3.8, 4) is 11.5 Å². The first-order chi connectivity index (χ1) is 13.1. The second-order valence-corrected chi connectivity index (χ2v) is 7.05. The first kappa shape index (κ1) is 21.0. The van der Waals surface area contributed by atoms with Crippen LogP contribution in [0.5, 0.6) is 11.5 Å². The maximum absolute atomic E-state index is 12.3. The van der Waals surface area contributed by atoms with E-state index in [0.717, 1.165) is 25.2 Å². The van der Waals surface area contributed by atoms with E-state index in [-0.39, 0.29) is 5.97 Å². The fraction of sp³-hybridized carbons (Fsp3) is 0.458. The summed E-state index contributed by atoms with van der Waals surface area (Å²) in [6, 6.07) is 14.9. The molecule has 1 unspecified atom stereocenters. The van der Waals surface area contributed by atoms with E-state index in [1.807, 2.05) is 36.4 Å². The van der Waals surface area contributed by atoms with E-state index >= 15 is 0 Å². The molecule has 0 aliphatic rings. The summed E-state index contributed by atoms with van der Waals surface area (Å²) < 4.78 is 11.2. The zero-order valence-corrected chi connectivity index (χ0v) is 16.9. The fourth-order valence-corrected chi connectivity index (χ4v) is 2.85. The highest BCUT2D eigenvalue weighted by atomic mass is 16.5. The lowest BCUT2D eigenvalue weighted by atomic mass is 9.98. The van der Waals surface area contributed by atoms with Crippen LogP contribution in [0.25, 0.3) is 0 Å². The van der Waals surface area contributed by atoms with Gasteiger partial charge < -0.3 is 9.47 Å². The third-order valence-electron chi connectivity index (χ3n) is 4.88. The van der Waals surface area contributed by atoms with Crippen LogP contribution >= 0.6 is 0 Å². The Bertz CT molecular complexity index is 674. The van der Waals surface area contributed by atoms with Gasteiger partial charge in [-0.15, -0.1) is 0 Å². The number of benzene rings is 2. The van der Waals surface area contributed by atoms with Crippen LogP contribution in [0, 0.1) is 0 Å². The highest BCUT2D eigenvalue weighted by Gasteiger charge is 2.10. The van der Waals surface area contributed by atoms with Gasteiger partial charge in [0.2, 0.25) is 0 Å². The number of hydrogen-bond donors (Lipinski definition) is 0. The summed E-state index contributed by atoms with van der Waals surface area (Å²) in [6.45, 7) is 7.28. The van der Waals surface area contributed by atoms with E-state index in [4.69, 9.17) is 9.47 Å². The number of ether oxygens (including phenoxy) is 2. The van der Waals surface area contributed by atoms with Gasteiger partial charge in [-0.2, -0.15) is 0 Å². The Morgan fingerprint density at radius 1 is 0.852 bits per heavy atom. The molecule has 0 aromatic heterocycles. The topological polar surface area (TPSA) is 35.5 Å². The number of rotatable bonds is 11. The van der Waals surface area contributed by atoms with Crippen LogP contribution in [0.4, 0.5) is 0 Å². The summed E-state index contributed by atoms with van der Waals surface area (Å²) in [7, 11) is 0. The Morgan fingerprint density at radius 2 is 1.48 bits per heavy atom. The van der Waals surface area contributed by atoms with Crippen molar-refractivity contribution in [3.05, 3.63) is 59.7 Å². The zero-order chi connectivity index (χ0) is 19.5. The van der Waals surface area contributed by atoms with E-state index in [0.29, 0.717) is 17.2 Å². The number of hydrogen-bond acceptors (Lipinski definition) is 3. The van der Waals surface area contributed by atoms with Gasteiger partial charge in [0, 0.05) is 0 Å². The Balaban J connectivity index is 1.80. The number of unbranched alkanes of at least 4 members (excludes halogenated alkanes) is 4. The van der Waals surface area contributed by atoms with Crippen LogP contribution in [-0.2, 0) is 0 Å². The summed E-state index contributed by atoms with van der Waals surface area (Å²) in [5.41, 5.74) is 1.81. The third kappa shape index (κ3) is 7.09. The van der Waals surface area contributed by atoms with Crippen molar-refractivity contribution < 1.29 is 14.3 Å². The first-order valence-corrected chi connectivity index (χ1v) is 10.2. The van der Waals surface area contributed by atoms with Crippen LogP contribution in [-0.4, -0.2) is 12.6 Å². The molecule has 0 spiro atoms. The smallest absolute Gasteiger partial charge is 0.343 e. The quantitative estimate of drug-likeness (QED) is 0.249. The molecule has 0 bridgehead atoms. The summed E-state index contributed by atoms with van der Waals surface area (Å²) in [5.74, 6) is 1.49. The Morgan fingerprint density at radius 3 is 2.11 bits per heavy atom. The molecule has 0 saturated carbocycles. The molecule has 0 fully saturated rings. The molecule has 0 aliphatic carbocycles. The van der Waals surface area contributed by atoms with Gasteiger partial charge in [-0.05, 0) is 60.7 Å². The van der Waals surface area contributed by atoms with E-state index < -0.39 is 0 Å². The number of carbonyl (C=O) groups is 1. The molecule has 0 aliphatic heterocycles. The molecular formula is C24H32O3. The molecule has 0 saturated heterocycles. The second kappa shape index (κ2) is 11.4. The van der Waals surface area contributed by atoms with Gasteiger partial charge in [-0.25, -0.2) is 4.79 Å². The second-order valence-electron chi connectivity index (χ2n) is 7.05. The summed E-state index contributed by atoms with van der Waals surface area (Å²) in [5, 5.41) is 0. The molecule has 1 atom stereocenters. The van der Waals surface area contributed by atoms with Gasteiger partial charge in [0.05, 0.1) is 12.2 Å². The molecule has 2 aromatic carbocycles. The molecular weight excluding hydrogens is 336 g/mol. The van der Waals surface area contributed by atoms with Crippen molar-refractivity contribution >= 4 is 5.97 Å². The standard InChI is InChI=1S/C24H32O3/c1-4-6-7-8-9-18-26-22-14-16-23(17-15-22)27-24(25)21-12-10-20(11-13-21)19(3)5-2/h10-17,19H,4-9,18H2,1-3H3. The van der Waals surface area contributed by atoms with Crippen molar-refractivity contribution in [1.82, 2.24) is 0 Å². The van der Waals surface area contributed by atoms with Crippen molar-refractivity contribution in [2.75, 3.05) is 6.61 Å². The van der Waals surface area contributed by atoms with E-state index in [2.05, 4.69) is 20.8 Å². The molecule has 146 valence electrons. The van der Waals surface area contributed by atoms with Gasteiger partial charge >= 0.3 is 5.97 Å². The first-order valence-electron chi connectivity index (χ1n) is 10.2. The molecule has 3 nitrogen and oxygen atoms in total. The third-order valence-corrected chi connectivity index (χ3v) is 4.88. The molecule has 0 amide bonds. The predicted molar refractivity (Wildman–Crippen MR) is 111 cm³/mol. The lowest BCUT2D eigenvalue weighted by Crippen LogP contribution is -2.08. The highest BCUT2D eigenvalue weighted by Crippen LogP contribution is 2.21. The van der Waals surface area contributed by atoms with E-state index in [9.17, 15) is 4.79 Å². The molecule has 2 rings (SSSR count). The SMILES string of the molecule is CCCCCCCOc1ccc(OC(=O)c2ccc(C(C)CC)cc2)cc1. The Labute approximate surface area is 163 Å². The van der Waals surface area contributed by atoms with Crippen LogP contribution in [0.3, 0.4) is 0 Å². The average molecular weight is 369 g/mol. The summed E-state index contributed by atoms with van der Waals surface area (Å²) >= 11 is 0. The number of esters is 1. The maximum Gasteiger partial charge on any atom is 0.343 e. The van der Waals surface area contributed by atoms with Crippen molar-refractivity contribution in [2.24, 2.45) is 0 Å². The van der Waals surface area contributed by atoms with Crippen LogP contribution < -0.4 is 9.47 Å². The maximum atomic E-state index is 12.3. The highest BCUT2D eigenvalue weighted by molar-refractivity contribution is 5.91. The molecule has 0 radical (unpaired) electrons. The fourth-order valence-electron chi connectivity index (χ4n) is 2.85. The summed E-state index contributed by atoms with van der Waals surface area (Å²) in [6.07, 6.45) is 7.18. The van der Waals surface area contributed by atoms with Crippen molar-refractivity contribution in [1.29, 1.82) is 0 Å². The van der Waals surface area contributed by atoms with Gasteiger partial charge in [0.25, 0.3) is 0 Å². The normalized spacial score (nSPS) is 11.8. The lowest BCUT2D eigenvalue weighted by molar-refractivity contribution is 0.0734. The predicted octanol–water partition coefficient (Wildman–Crippen LogP) is 6.77. The molecule has 0 N–H and O–H groups in total. The monoisotopic (exact) mass is 368 g/mol. The van der Waals surface area contributed by atoms with Crippen LogP contribution in [0.2, 0.25) is 0 Å². The van der Waals surface area contributed by atoms with Crippen LogP contribution in [0.1, 0.15) is 81.1 Å². The molecule has 27 heavy (non-hydrogen) atoms. The molecule has 2 aromatic rings. The van der Waals surface area contributed by atoms with E-state index in [1.54, 1.807) is 12.1 Å². The Hall–Kier alpha value is -2.29. The average Bonchev–Trinajstić information content (AvgIpc) is 2.71. The van der Waals surface area contributed by atoms with Crippen LogP contribution in [0.15, 0.2) is 48.5 Å². The largest absolute Gasteiger partial charge is 0.494 e. The van der Waals surface area contributed by atoms with Gasteiger partial charge in [0.1, 0.15) is 11.5 Å². The molecule has 3 heteroatoms. The Kier molecular flexibility index (Phi) is 8.90. The van der Waals surface area contributed by atoms with Crippen molar-refractivity contribution in [2.45, 2.75) is 65.2 Å². The van der Waals surface area contributed by atoms with Gasteiger partial charge in [-0.3, -0.25) is 0 Å². The zero-order valence-electron chi connectivity index (χ0n) is 16.9. The van der Waals surface area contributed by atoms with Gasteiger partial charge in [0.15, 0.2) is 0 Å². The van der Waals surface area contributed by atoms with Crippen molar-refractivity contribution in [3.63, 3.8) is 0 Å². The minimum Gasteiger partial charge on any atom is -0.494 e. The van der Waals surface area contributed by atoms with E-state index in [1.165, 1.54) is 31.2 Å². The summed E-state index contributed by atoms with van der Waals surface area (Å²) in [4.78, 5) is 12.3. The van der Waals surface area contributed by atoms with Gasteiger partial charge in [-0.1, -0.05) is 58.6 Å². The molecule has 0 heterocycles. The lowest BCUT2D eigenvalue weighted by Gasteiger charge is -2.10. The minimum absolute atomic E-state index is 0.338.